The Morgan fingerprint density at radius 3 is 2.43 bits per heavy atom. The second-order valence-electron chi connectivity index (χ2n) is 4.92. The first-order valence-corrected chi connectivity index (χ1v) is 7.77. The predicted molar refractivity (Wildman–Crippen MR) is 89.8 cm³/mol. The average Bonchev–Trinajstić information content (AvgIpc) is 2.53. The Morgan fingerprint density at radius 1 is 0.810 bits per heavy atom. The van der Waals surface area contributed by atoms with Gasteiger partial charge in [0.2, 0.25) is 0 Å². The molecule has 3 aromatic carbocycles. The number of hydrogen-bond acceptors (Lipinski definition) is 3. The quantitative estimate of drug-likeness (QED) is 0.574. The molecule has 0 bridgehead atoms. The lowest BCUT2D eigenvalue weighted by Crippen LogP contribution is -2.29. The summed E-state index contributed by atoms with van der Waals surface area (Å²) in [5, 5.41) is 20.9. The van der Waals surface area contributed by atoms with Gasteiger partial charge in [0.05, 0.1) is 0 Å². The van der Waals surface area contributed by atoms with E-state index in [-0.39, 0.29) is 0 Å². The van der Waals surface area contributed by atoms with Crippen molar-refractivity contribution in [3.05, 3.63) is 72.3 Å². The van der Waals surface area contributed by atoms with Gasteiger partial charge in [-0.05, 0) is 33.9 Å². The van der Waals surface area contributed by atoms with Gasteiger partial charge in [0.15, 0.2) is 0 Å². The molecule has 0 aliphatic rings. The van der Waals surface area contributed by atoms with Crippen LogP contribution in [0.5, 0.6) is 0 Å². The summed E-state index contributed by atoms with van der Waals surface area (Å²) < 4.78 is 0. The second-order valence-corrected chi connectivity index (χ2v) is 5.97. The first-order valence-electron chi connectivity index (χ1n) is 6.79. The van der Waals surface area contributed by atoms with Crippen LogP contribution in [0.1, 0.15) is 5.56 Å². The predicted octanol–water partition coefficient (Wildman–Crippen LogP) is 2.81. The van der Waals surface area contributed by atoms with Crippen molar-refractivity contribution in [3.8, 4) is 0 Å². The molecule has 0 aromatic heterocycles. The molecule has 0 unspecified atom stereocenters. The van der Waals surface area contributed by atoms with Crippen LogP contribution in [-0.4, -0.2) is 17.2 Å². The summed E-state index contributed by atoms with van der Waals surface area (Å²) in [6, 6.07) is 22.1. The van der Waals surface area contributed by atoms with Crippen LogP contribution in [0.2, 0.25) is 0 Å². The third kappa shape index (κ3) is 3.48. The van der Waals surface area contributed by atoms with Gasteiger partial charge in [0.25, 0.3) is 0 Å². The standard InChI is InChI=1S/C17H15BO2S/c19-18(20)16-7-3-4-13(10-16)12-21-17-9-8-14-5-1-2-6-15(14)11-17/h1-11,19-20H,12H2. The van der Waals surface area contributed by atoms with Crippen LogP contribution in [0, 0.1) is 0 Å². The van der Waals surface area contributed by atoms with E-state index in [1.165, 1.54) is 15.7 Å². The van der Waals surface area contributed by atoms with Crippen molar-refractivity contribution >= 4 is 35.1 Å². The maximum atomic E-state index is 9.20. The van der Waals surface area contributed by atoms with Crippen LogP contribution in [0.4, 0.5) is 0 Å². The summed E-state index contributed by atoms with van der Waals surface area (Å²) in [6.45, 7) is 0. The van der Waals surface area contributed by atoms with E-state index in [9.17, 15) is 10.0 Å². The molecule has 3 rings (SSSR count). The molecular weight excluding hydrogens is 279 g/mol. The first-order chi connectivity index (χ1) is 10.2. The summed E-state index contributed by atoms with van der Waals surface area (Å²) in [5.74, 6) is 0.804. The maximum Gasteiger partial charge on any atom is 0.488 e. The van der Waals surface area contributed by atoms with Gasteiger partial charge in [-0.3, -0.25) is 0 Å². The topological polar surface area (TPSA) is 40.5 Å². The van der Waals surface area contributed by atoms with E-state index >= 15 is 0 Å². The minimum Gasteiger partial charge on any atom is -0.423 e. The Hall–Kier alpha value is -1.75. The van der Waals surface area contributed by atoms with E-state index in [1.54, 1.807) is 17.8 Å². The molecule has 0 atom stereocenters. The summed E-state index contributed by atoms with van der Waals surface area (Å²) in [7, 11) is -1.41. The van der Waals surface area contributed by atoms with E-state index in [1.807, 2.05) is 30.3 Å². The third-order valence-electron chi connectivity index (χ3n) is 3.38. The van der Waals surface area contributed by atoms with Gasteiger partial charge in [-0.15, -0.1) is 11.8 Å². The Morgan fingerprint density at radius 2 is 1.62 bits per heavy atom. The van der Waals surface area contributed by atoms with Gasteiger partial charge < -0.3 is 10.0 Å². The van der Waals surface area contributed by atoms with Crippen molar-refractivity contribution in [3.63, 3.8) is 0 Å². The monoisotopic (exact) mass is 294 g/mol. The number of benzene rings is 3. The van der Waals surface area contributed by atoms with Crippen LogP contribution in [0.15, 0.2) is 71.6 Å². The summed E-state index contributed by atoms with van der Waals surface area (Å²) in [4.78, 5) is 1.21. The highest BCUT2D eigenvalue weighted by atomic mass is 32.2. The van der Waals surface area contributed by atoms with Crippen LogP contribution in [0.25, 0.3) is 10.8 Å². The molecule has 3 aromatic rings. The van der Waals surface area contributed by atoms with E-state index in [0.717, 1.165) is 11.3 Å². The van der Waals surface area contributed by atoms with E-state index in [2.05, 4.69) is 30.3 Å². The highest BCUT2D eigenvalue weighted by molar-refractivity contribution is 7.98. The zero-order chi connectivity index (χ0) is 14.7. The summed E-state index contributed by atoms with van der Waals surface area (Å²) in [5.41, 5.74) is 1.62. The molecule has 4 heteroatoms. The molecule has 0 aliphatic carbocycles. The zero-order valence-electron chi connectivity index (χ0n) is 11.4. The van der Waals surface area contributed by atoms with Gasteiger partial charge in [0, 0.05) is 10.6 Å². The molecule has 0 saturated carbocycles. The molecule has 0 radical (unpaired) electrons. The van der Waals surface area contributed by atoms with Crippen molar-refractivity contribution in [1.29, 1.82) is 0 Å². The van der Waals surface area contributed by atoms with Crippen molar-refractivity contribution in [1.82, 2.24) is 0 Å². The van der Waals surface area contributed by atoms with Crippen LogP contribution < -0.4 is 5.46 Å². The van der Waals surface area contributed by atoms with Crippen LogP contribution in [-0.2, 0) is 5.75 Å². The van der Waals surface area contributed by atoms with Crippen molar-refractivity contribution < 1.29 is 10.0 Å². The van der Waals surface area contributed by atoms with Gasteiger partial charge in [-0.1, -0.05) is 54.6 Å². The molecule has 0 aliphatic heterocycles. The fourth-order valence-electron chi connectivity index (χ4n) is 2.27. The molecule has 0 saturated heterocycles. The number of fused-ring (bicyclic) bond motifs is 1. The van der Waals surface area contributed by atoms with Gasteiger partial charge >= 0.3 is 7.12 Å². The maximum absolute atomic E-state index is 9.20. The fraction of sp³-hybridized carbons (Fsp3) is 0.0588. The fourth-order valence-corrected chi connectivity index (χ4v) is 3.15. The molecule has 104 valence electrons. The van der Waals surface area contributed by atoms with E-state index in [0.29, 0.717) is 5.46 Å². The van der Waals surface area contributed by atoms with Crippen molar-refractivity contribution in [2.45, 2.75) is 10.6 Å². The Bertz CT molecular complexity index is 758. The third-order valence-corrected chi connectivity index (χ3v) is 4.44. The van der Waals surface area contributed by atoms with Gasteiger partial charge in [-0.25, -0.2) is 0 Å². The summed E-state index contributed by atoms with van der Waals surface area (Å²) in [6.07, 6.45) is 0. The molecular formula is C17H15BO2S. The Labute approximate surface area is 128 Å². The van der Waals surface area contributed by atoms with Gasteiger partial charge in [0.1, 0.15) is 0 Å². The van der Waals surface area contributed by atoms with E-state index in [4.69, 9.17) is 0 Å². The lowest BCUT2D eigenvalue weighted by Gasteiger charge is -2.06. The summed E-state index contributed by atoms with van der Waals surface area (Å²) >= 11 is 1.75. The van der Waals surface area contributed by atoms with Gasteiger partial charge in [-0.2, -0.15) is 0 Å². The zero-order valence-corrected chi connectivity index (χ0v) is 12.3. The molecule has 0 spiro atoms. The smallest absolute Gasteiger partial charge is 0.423 e. The second kappa shape index (κ2) is 6.35. The normalized spacial score (nSPS) is 10.8. The molecule has 2 N–H and O–H groups in total. The number of rotatable bonds is 4. The minimum absolute atomic E-state index is 0.534. The Balaban J connectivity index is 1.75. The molecule has 0 amide bonds. The number of hydrogen-bond donors (Lipinski definition) is 2. The van der Waals surface area contributed by atoms with Crippen LogP contribution in [0.3, 0.4) is 0 Å². The first kappa shape index (κ1) is 14.2. The lowest BCUT2D eigenvalue weighted by atomic mass is 9.80. The molecule has 0 heterocycles. The highest BCUT2D eigenvalue weighted by Gasteiger charge is 2.10. The molecule has 2 nitrogen and oxygen atoms in total. The molecule has 21 heavy (non-hydrogen) atoms. The highest BCUT2D eigenvalue weighted by Crippen LogP contribution is 2.26. The lowest BCUT2D eigenvalue weighted by molar-refractivity contribution is 0.425. The number of thioether (sulfide) groups is 1. The van der Waals surface area contributed by atoms with Crippen molar-refractivity contribution in [2.24, 2.45) is 0 Å². The van der Waals surface area contributed by atoms with Crippen molar-refractivity contribution in [2.75, 3.05) is 0 Å². The Kier molecular flexibility index (Phi) is 4.30. The average molecular weight is 294 g/mol. The molecule has 0 fully saturated rings. The minimum atomic E-state index is -1.41. The SMILES string of the molecule is OB(O)c1cccc(CSc2ccc3ccccc3c2)c1. The van der Waals surface area contributed by atoms with Crippen LogP contribution >= 0.6 is 11.8 Å². The largest absolute Gasteiger partial charge is 0.488 e. The van der Waals surface area contributed by atoms with E-state index < -0.39 is 7.12 Å².